The molecule has 0 unspecified atom stereocenters. The van der Waals surface area contributed by atoms with Crippen LogP contribution < -0.4 is 10.1 Å². The predicted octanol–water partition coefficient (Wildman–Crippen LogP) is 4.09. The second-order valence-corrected chi connectivity index (χ2v) is 8.53. The summed E-state index contributed by atoms with van der Waals surface area (Å²) in [6.07, 6.45) is 5.47. The molecule has 0 aliphatic heterocycles. The smallest absolute Gasteiger partial charge is 0.253 e. The van der Waals surface area contributed by atoms with Crippen molar-refractivity contribution in [3.8, 4) is 17.0 Å². The first kappa shape index (κ1) is 23.3. The van der Waals surface area contributed by atoms with Crippen molar-refractivity contribution in [3.05, 3.63) is 72.2 Å². The highest BCUT2D eigenvalue weighted by Gasteiger charge is 2.16. The van der Waals surface area contributed by atoms with Crippen LogP contribution in [0.2, 0.25) is 0 Å². The van der Waals surface area contributed by atoms with Crippen molar-refractivity contribution in [2.75, 3.05) is 46.7 Å². The van der Waals surface area contributed by atoms with Crippen molar-refractivity contribution >= 4 is 23.1 Å². The number of anilines is 2. The number of aromatic nitrogens is 3. The first-order valence-electron chi connectivity index (χ1n) is 11.1. The number of hydrogen-bond acceptors (Lipinski definition) is 6. The third-order valence-corrected chi connectivity index (χ3v) is 5.76. The number of fused-ring (bicyclic) bond motifs is 1. The lowest BCUT2D eigenvalue weighted by atomic mass is 10.1. The highest BCUT2D eigenvalue weighted by molar-refractivity contribution is 5.96. The summed E-state index contributed by atoms with van der Waals surface area (Å²) < 4.78 is 7.26. The number of nitrogens with zero attached hydrogens (tertiary/aromatic N) is 5. The molecular weight excluding hydrogens is 428 g/mol. The van der Waals surface area contributed by atoms with Crippen LogP contribution in [0.4, 0.5) is 11.5 Å². The average molecular weight is 459 g/mol. The molecule has 1 amide bonds. The summed E-state index contributed by atoms with van der Waals surface area (Å²) in [5.74, 6) is 1.47. The molecule has 8 heteroatoms. The van der Waals surface area contributed by atoms with E-state index < -0.39 is 0 Å². The van der Waals surface area contributed by atoms with Gasteiger partial charge in [-0.05, 0) is 69.0 Å². The van der Waals surface area contributed by atoms with Gasteiger partial charge in [-0.15, -0.1) is 0 Å². The van der Waals surface area contributed by atoms with Crippen LogP contribution in [0.1, 0.15) is 15.9 Å². The number of rotatable bonds is 8. The van der Waals surface area contributed by atoms with Gasteiger partial charge in [0.1, 0.15) is 5.75 Å². The first-order valence-corrected chi connectivity index (χ1v) is 11.1. The van der Waals surface area contributed by atoms with E-state index in [1.54, 1.807) is 18.2 Å². The zero-order valence-corrected chi connectivity index (χ0v) is 20.2. The van der Waals surface area contributed by atoms with E-state index in [4.69, 9.17) is 4.74 Å². The molecule has 0 radical (unpaired) electrons. The third-order valence-electron chi connectivity index (χ3n) is 5.76. The lowest BCUT2D eigenvalue weighted by molar-refractivity contribution is 0.0785. The number of likely N-dealkylation sites (N-methyl/N-ethyl adjacent to an activating group) is 2. The Bertz CT molecular complexity index is 1300. The standard InChI is InChI=1S/C26H30N6O2/c1-18-16-20(8-11-22(18)26(33)31(4)15-14-30(2)3)29-24-25-28-17-23(32(25)13-12-27-24)19-6-9-21(34-5)10-7-19/h6-13,16-17H,14-15H2,1-5H3,(H,27,29). The van der Waals surface area contributed by atoms with Gasteiger partial charge in [-0.3, -0.25) is 9.20 Å². The minimum absolute atomic E-state index is 0.0171. The number of aryl methyl sites for hydroxylation is 1. The van der Waals surface area contributed by atoms with E-state index in [9.17, 15) is 4.79 Å². The Morgan fingerprint density at radius 3 is 2.50 bits per heavy atom. The SMILES string of the molecule is COc1ccc(-c2cnc3c(Nc4ccc(C(=O)N(C)CCN(C)C)c(C)c4)nccn23)cc1. The molecule has 4 rings (SSSR count). The third kappa shape index (κ3) is 4.87. The Kier molecular flexibility index (Phi) is 6.79. The molecule has 2 aromatic heterocycles. The van der Waals surface area contributed by atoms with Gasteiger partial charge in [-0.25, -0.2) is 9.97 Å². The highest BCUT2D eigenvalue weighted by atomic mass is 16.5. The lowest BCUT2D eigenvalue weighted by Gasteiger charge is -2.21. The van der Waals surface area contributed by atoms with Gasteiger partial charge in [0.05, 0.1) is 19.0 Å². The van der Waals surface area contributed by atoms with Gasteiger partial charge < -0.3 is 19.9 Å². The Morgan fingerprint density at radius 2 is 1.82 bits per heavy atom. The summed E-state index contributed by atoms with van der Waals surface area (Å²) in [6, 6.07) is 13.6. The number of benzene rings is 2. The van der Waals surface area contributed by atoms with E-state index in [1.165, 1.54) is 0 Å². The fourth-order valence-corrected chi connectivity index (χ4v) is 3.76. The topological polar surface area (TPSA) is 75.0 Å². The molecule has 8 nitrogen and oxygen atoms in total. The Balaban J connectivity index is 1.56. The number of ether oxygens (including phenoxy) is 1. The molecule has 0 aliphatic carbocycles. The maximum absolute atomic E-state index is 12.9. The second kappa shape index (κ2) is 9.93. The van der Waals surface area contributed by atoms with Crippen molar-refractivity contribution in [2.45, 2.75) is 6.92 Å². The highest BCUT2D eigenvalue weighted by Crippen LogP contribution is 2.27. The zero-order valence-electron chi connectivity index (χ0n) is 20.2. The molecule has 0 fully saturated rings. The summed E-state index contributed by atoms with van der Waals surface area (Å²) in [5.41, 5.74) is 5.15. The van der Waals surface area contributed by atoms with Crippen LogP contribution in [0.5, 0.6) is 5.75 Å². The van der Waals surface area contributed by atoms with Gasteiger partial charge in [-0.2, -0.15) is 0 Å². The number of amides is 1. The molecule has 2 aromatic carbocycles. The second-order valence-electron chi connectivity index (χ2n) is 8.53. The minimum Gasteiger partial charge on any atom is -0.497 e. The Labute approximate surface area is 199 Å². The number of imidazole rings is 1. The van der Waals surface area contributed by atoms with Gasteiger partial charge in [0.25, 0.3) is 5.91 Å². The molecule has 34 heavy (non-hydrogen) atoms. The van der Waals surface area contributed by atoms with Crippen LogP contribution >= 0.6 is 0 Å². The van der Waals surface area contributed by atoms with Crippen LogP contribution in [-0.2, 0) is 0 Å². The van der Waals surface area contributed by atoms with Gasteiger partial charge in [0, 0.05) is 49.3 Å². The van der Waals surface area contributed by atoms with Crippen molar-refractivity contribution in [1.82, 2.24) is 24.2 Å². The molecule has 0 aliphatic rings. The van der Waals surface area contributed by atoms with Crippen LogP contribution in [0, 0.1) is 6.92 Å². The van der Waals surface area contributed by atoms with Gasteiger partial charge in [0.15, 0.2) is 11.5 Å². The molecule has 176 valence electrons. The van der Waals surface area contributed by atoms with E-state index in [-0.39, 0.29) is 5.91 Å². The minimum atomic E-state index is 0.0171. The summed E-state index contributed by atoms with van der Waals surface area (Å²) in [6.45, 7) is 3.44. The van der Waals surface area contributed by atoms with Crippen molar-refractivity contribution < 1.29 is 9.53 Å². The number of hydrogen-bond donors (Lipinski definition) is 1. The zero-order chi connectivity index (χ0) is 24.2. The van der Waals surface area contributed by atoms with Gasteiger partial charge in [0.2, 0.25) is 0 Å². The van der Waals surface area contributed by atoms with Gasteiger partial charge in [-0.1, -0.05) is 0 Å². The summed E-state index contributed by atoms with van der Waals surface area (Å²) in [5, 5.41) is 3.36. The molecule has 0 spiro atoms. The van der Waals surface area contributed by atoms with E-state index in [0.717, 1.165) is 40.4 Å². The number of nitrogens with one attached hydrogen (secondary N) is 1. The number of methoxy groups -OCH3 is 1. The number of carbonyl (C=O) groups is 1. The molecule has 0 bridgehead atoms. The molecule has 0 saturated carbocycles. The van der Waals surface area contributed by atoms with E-state index in [0.29, 0.717) is 17.9 Å². The summed E-state index contributed by atoms with van der Waals surface area (Å²) in [4.78, 5) is 25.8. The maximum atomic E-state index is 12.9. The van der Waals surface area contributed by atoms with E-state index >= 15 is 0 Å². The Morgan fingerprint density at radius 1 is 1.06 bits per heavy atom. The van der Waals surface area contributed by atoms with Crippen LogP contribution in [0.25, 0.3) is 16.9 Å². The average Bonchev–Trinajstić information content (AvgIpc) is 3.27. The van der Waals surface area contributed by atoms with Crippen molar-refractivity contribution in [1.29, 1.82) is 0 Å². The first-order chi connectivity index (χ1) is 16.4. The monoisotopic (exact) mass is 458 g/mol. The normalized spacial score (nSPS) is 11.1. The quantitative estimate of drug-likeness (QED) is 0.429. The maximum Gasteiger partial charge on any atom is 0.253 e. The largest absolute Gasteiger partial charge is 0.497 e. The van der Waals surface area contributed by atoms with Crippen molar-refractivity contribution in [3.63, 3.8) is 0 Å². The summed E-state index contributed by atoms with van der Waals surface area (Å²) >= 11 is 0. The van der Waals surface area contributed by atoms with Crippen LogP contribution in [0.15, 0.2) is 61.1 Å². The van der Waals surface area contributed by atoms with Gasteiger partial charge >= 0.3 is 0 Å². The molecule has 0 atom stereocenters. The lowest BCUT2D eigenvalue weighted by Crippen LogP contribution is -2.33. The van der Waals surface area contributed by atoms with Crippen LogP contribution in [-0.4, -0.2) is 71.4 Å². The summed E-state index contributed by atoms with van der Waals surface area (Å²) in [7, 11) is 7.48. The van der Waals surface area contributed by atoms with E-state index in [2.05, 4.69) is 20.2 Å². The van der Waals surface area contributed by atoms with E-state index in [1.807, 2.05) is 87.3 Å². The molecule has 2 heterocycles. The fraction of sp³-hybridized carbons (Fsp3) is 0.269. The molecule has 0 saturated heterocycles. The number of carbonyl (C=O) groups excluding carboxylic acids is 1. The molecule has 1 N–H and O–H groups in total. The van der Waals surface area contributed by atoms with Crippen LogP contribution in [0.3, 0.4) is 0 Å². The van der Waals surface area contributed by atoms with Crippen molar-refractivity contribution in [2.24, 2.45) is 0 Å². The Hall–Kier alpha value is -3.91. The predicted molar refractivity (Wildman–Crippen MR) is 135 cm³/mol. The fourth-order valence-electron chi connectivity index (χ4n) is 3.76. The molecular formula is C26H30N6O2. The molecule has 4 aromatic rings.